The molecule has 0 radical (unpaired) electrons. The van der Waals surface area contributed by atoms with Gasteiger partial charge in [-0.1, -0.05) is 0 Å². The van der Waals surface area contributed by atoms with Crippen molar-refractivity contribution in [3.63, 3.8) is 0 Å². The maximum absolute atomic E-state index is 12.7. The molecule has 0 bridgehead atoms. The van der Waals surface area contributed by atoms with E-state index in [-0.39, 0.29) is 5.91 Å². The molecule has 106 valence electrons. The number of carbonyl (C=O) groups excluding carboxylic acids is 1. The van der Waals surface area contributed by atoms with Crippen LogP contribution in [0, 0.1) is 0 Å². The molecule has 1 rings (SSSR count). The second-order valence-electron chi connectivity index (χ2n) is 4.26. The van der Waals surface area contributed by atoms with Crippen LogP contribution in [0.25, 0.3) is 0 Å². The fraction of sp³-hybridized carbons (Fsp3) is 0.462. The molecule has 1 aromatic rings. The zero-order chi connectivity index (χ0) is 14.5. The van der Waals surface area contributed by atoms with E-state index < -0.39 is 11.7 Å². The Hall–Kier alpha value is -1.56. The SMILES string of the molecule is CNCCCc1cc(C(F)(F)F)ccc1NC(C)=O. The Morgan fingerprint density at radius 3 is 2.53 bits per heavy atom. The third kappa shape index (κ3) is 4.90. The Morgan fingerprint density at radius 2 is 2.00 bits per heavy atom. The lowest BCUT2D eigenvalue weighted by Gasteiger charge is -2.14. The summed E-state index contributed by atoms with van der Waals surface area (Å²) in [6.07, 6.45) is -3.20. The Morgan fingerprint density at radius 1 is 1.32 bits per heavy atom. The molecule has 0 saturated heterocycles. The number of halogens is 3. The van der Waals surface area contributed by atoms with Crippen molar-refractivity contribution in [3.8, 4) is 0 Å². The van der Waals surface area contributed by atoms with Gasteiger partial charge in [-0.3, -0.25) is 4.79 Å². The monoisotopic (exact) mass is 274 g/mol. The van der Waals surface area contributed by atoms with E-state index >= 15 is 0 Å². The van der Waals surface area contributed by atoms with Gasteiger partial charge in [0.2, 0.25) is 5.91 Å². The van der Waals surface area contributed by atoms with Crippen molar-refractivity contribution in [2.45, 2.75) is 25.9 Å². The van der Waals surface area contributed by atoms with Gasteiger partial charge in [0.15, 0.2) is 0 Å². The van der Waals surface area contributed by atoms with Gasteiger partial charge in [0.25, 0.3) is 0 Å². The number of hydrogen-bond acceptors (Lipinski definition) is 2. The smallest absolute Gasteiger partial charge is 0.326 e. The Bertz CT molecular complexity index is 444. The van der Waals surface area contributed by atoms with E-state index in [1.54, 1.807) is 7.05 Å². The second kappa shape index (κ2) is 6.56. The summed E-state index contributed by atoms with van der Waals surface area (Å²) in [7, 11) is 1.78. The largest absolute Gasteiger partial charge is 0.416 e. The molecule has 0 aromatic heterocycles. The van der Waals surface area contributed by atoms with Crippen LogP contribution in [-0.4, -0.2) is 19.5 Å². The zero-order valence-corrected chi connectivity index (χ0v) is 10.9. The van der Waals surface area contributed by atoms with Gasteiger partial charge in [-0.05, 0) is 50.2 Å². The molecule has 0 aliphatic carbocycles. The van der Waals surface area contributed by atoms with Gasteiger partial charge in [0.1, 0.15) is 0 Å². The lowest BCUT2D eigenvalue weighted by molar-refractivity contribution is -0.137. The summed E-state index contributed by atoms with van der Waals surface area (Å²) in [5.41, 5.74) is 0.248. The summed E-state index contributed by atoms with van der Waals surface area (Å²) in [5.74, 6) is -0.297. The summed E-state index contributed by atoms with van der Waals surface area (Å²) >= 11 is 0. The Kier molecular flexibility index (Phi) is 5.35. The minimum atomic E-state index is -4.37. The predicted molar refractivity (Wildman–Crippen MR) is 68.0 cm³/mol. The number of aryl methyl sites for hydroxylation is 1. The molecule has 0 saturated carbocycles. The highest BCUT2D eigenvalue weighted by atomic mass is 19.4. The van der Waals surface area contributed by atoms with Gasteiger partial charge in [-0.2, -0.15) is 13.2 Å². The average molecular weight is 274 g/mol. The maximum Gasteiger partial charge on any atom is 0.416 e. The summed E-state index contributed by atoms with van der Waals surface area (Å²) in [4.78, 5) is 11.0. The van der Waals surface area contributed by atoms with E-state index in [2.05, 4.69) is 10.6 Å². The molecular weight excluding hydrogens is 257 g/mol. The number of alkyl halides is 3. The first-order valence-corrected chi connectivity index (χ1v) is 5.97. The molecule has 19 heavy (non-hydrogen) atoms. The summed E-state index contributed by atoms with van der Waals surface area (Å²) in [5, 5.41) is 5.49. The highest BCUT2D eigenvalue weighted by Gasteiger charge is 2.30. The van der Waals surface area contributed by atoms with Crippen LogP contribution in [0.15, 0.2) is 18.2 Å². The molecule has 2 N–H and O–H groups in total. The van der Waals surface area contributed by atoms with Crippen molar-refractivity contribution in [2.75, 3.05) is 18.9 Å². The molecular formula is C13H17F3N2O. The van der Waals surface area contributed by atoms with Crippen LogP contribution >= 0.6 is 0 Å². The number of hydrogen-bond donors (Lipinski definition) is 2. The van der Waals surface area contributed by atoms with Crippen molar-refractivity contribution >= 4 is 11.6 Å². The van der Waals surface area contributed by atoms with Gasteiger partial charge >= 0.3 is 6.18 Å². The first-order valence-electron chi connectivity index (χ1n) is 5.97. The molecule has 6 heteroatoms. The molecule has 0 aliphatic heterocycles. The van der Waals surface area contributed by atoms with Crippen LogP contribution in [0.5, 0.6) is 0 Å². The Balaban J connectivity index is 3.00. The molecule has 0 atom stereocenters. The molecule has 0 aliphatic rings. The van der Waals surface area contributed by atoms with Crippen LogP contribution < -0.4 is 10.6 Å². The van der Waals surface area contributed by atoms with Crippen LogP contribution in [0.1, 0.15) is 24.5 Å². The van der Waals surface area contributed by atoms with Gasteiger partial charge < -0.3 is 10.6 Å². The molecule has 0 unspecified atom stereocenters. The van der Waals surface area contributed by atoms with Crippen molar-refractivity contribution in [1.29, 1.82) is 0 Å². The number of carbonyl (C=O) groups is 1. The number of rotatable bonds is 5. The van der Waals surface area contributed by atoms with Crippen LogP contribution in [0.4, 0.5) is 18.9 Å². The van der Waals surface area contributed by atoms with Crippen LogP contribution in [0.2, 0.25) is 0 Å². The van der Waals surface area contributed by atoms with Crippen LogP contribution in [0.3, 0.4) is 0 Å². The van der Waals surface area contributed by atoms with E-state index in [1.807, 2.05) is 0 Å². The van der Waals surface area contributed by atoms with Gasteiger partial charge in [0, 0.05) is 12.6 Å². The Labute approximate surface area is 110 Å². The van der Waals surface area contributed by atoms with Gasteiger partial charge in [-0.15, -0.1) is 0 Å². The minimum absolute atomic E-state index is 0.297. The highest BCUT2D eigenvalue weighted by Crippen LogP contribution is 2.32. The maximum atomic E-state index is 12.7. The quantitative estimate of drug-likeness (QED) is 0.811. The van der Waals surface area contributed by atoms with E-state index in [1.165, 1.54) is 13.0 Å². The van der Waals surface area contributed by atoms with Crippen LogP contribution in [-0.2, 0) is 17.4 Å². The third-order valence-corrected chi connectivity index (χ3v) is 2.62. The average Bonchev–Trinajstić information content (AvgIpc) is 2.29. The van der Waals surface area contributed by atoms with E-state index in [0.29, 0.717) is 30.6 Å². The molecule has 0 heterocycles. The van der Waals surface area contributed by atoms with Crippen molar-refractivity contribution in [2.24, 2.45) is 0 Å². The first-order chi connectivity index (χ1) is 8.84. The highest BCUT2D eigenvalue weighted by molar-refractivity contribution is 5.89. The van der Waals surface area contributed by atoms with Gasteiger partial charge in [-0.25, -0.2) is 0 Å². The molecule has 1 amide bonds. The molecule has 0 fully saturated rings. The van der Waals surface area contributed by atoms with Crippen molar-refractivity contribution in [1.82, 2.24) is 5.32 Å². The fourth-order valence-electron chi connectivity index (χ4n) is 1.74. The lowest BCUT2D eigenvalue weighted by Crippen LogP contribution is -2.13. The minimum Gasteiger partial charge on any atom is -0.326 e. The first kappa shape index (κ1) is 15.5. The third-order valence-electron chi connectivity index (χ3n) is 2.62. The number of amides is 1. The zero-order valence-electron chi connectivity index (χ0n) is 10.9. The summed E-state index contributed by atoms with van der Waals surface area (Å²) < 4.78 is 38.0. The molecule has 1 aromatic carbocycles. The number of anilines is 1. The van der Waals surface area contributed by atoms with Crippen molar-refractivity contribution in [3.05, 3.63) is 29.3 Å². The van der Waals surface area contributed by atoms with E-state index in [4.69, 9.17) is 0 Å². The number of benzene rings is 1. The lowest BCUT2D eigenvalue weighted by atomic mass is 10.0. The normalized spacial score (nSPS) is 11.4. The second-order valence-corrected chi connectivity index (χ2v) is 4.26. The van der Waals surface area contributed by atoms with E-state index in [0.717, 1.165) is 12.1 Å². The topological polar surface area (TPSA) is 41.1 Å². The predicted octanol–water partition coefficient (Wildman–Crippen LogP) is 2.82. The summed E-state index contributed by atoms with van der Waals surface area (Å²) in [6.45, 7) is 2.03. The van der Waals surface area contributed by atoms with Crippen molar-refractivity contribution < 1.29 is 18.0 Å². The fourth-order valence-corrected chi connectivity index (χ4v) is 1.74. The summed E-state index contributed by atoms with van der Waals surface area (Å²) in [6, 6.07) is 3.38. The van der Waals surface area contributed by atoms with E-state index in [9.17, 15) is 18.0 Å². The van der Waals surface area contributed by atoms with Gasteiger partial charge in [0.05, 0.1) is 5.56 Å². The molecule has 3 nitrogen and oxygen atoms in total. The number of nitrogens with one attached hydrogen (secondary N) is 2. The standard InChI is InChI=1S/C13H17F3N2O/c1-9(19)18-12-6-5-11(13(14,15)16)8-10(12)4-3-7-17-2/h5-6,8,17H,3-4,7H2,1-2H3,(H,18,19). The molecule has 0 spiro atoms.